The number of hydrogen-bond acceptors (Lipinski definition) is 4. The maximum absolute atomic E-state index is 5.94. The molecule has 0 unspecified atom stereocenters. The van der Waals surface area contributed by atoms with Gasteiger partial charge in [0.1, 0.15) is 0 Å². The molecule has 0 bridgehead atoms. The molecule has 1 N–H and O–H groups in total. The fourth-order valence-corrected chi connectivity index (χ4v) is 2.84. The third-order valence-electron chi connectivity index (χ3n) is 3.50. The fourth-order valence-electron chi connectivity index (χ4n) is 2.58. The van der Waals surface area contributed by atoms with Gasteiger partial charge in [-0.3, -0.25) is 0 Å². The number of nitrogens with one attached hydrogen (secondary N) is 1. The van der Waals surface area contributed by atoms with Crippen molar-refractivity contribution < 1.29 is 0 Å². The third kappa shape index (κ3) is 3.69. The Kier molecular flexibility index (Phi) is 5.01. The van der Waals surface area contributed by atoms with Crippen LogP contribution in [0.25, 0.3) is 0 Å². The van der Waals surface area contributed by atoms with Crippen LogP contribution in [0.15, 0.2) is 0 Å². The minimum atomic E-state index is 0.126. The molecule has 18 heavy (non-hydrogen) atoms. The summed E-state index contributed by atoms with van der Waals surface area (Å²) >= 11 is 11.7. The van der Waals surface area contributed by atoms with E-state index in [0.717, 1.165) is 18.8 Å². The Bertz CT molecular complexity index is 392. The molecule has 1 heterocycles. The Morgan fingerprint density at radius 1 is 1.17 bits per heavy atom. The predicted octanol–water partition coefficient (Wildman–Crippen LogP) is 3.95. The van der Waals surface area contributed by atoms with Gasteiger partial charge in [-0.15, -0.1) is 10.2 Å². The van der Waals surface area contributed by atoms with Gasteiger partial charge in [-0.1, -0.05) is 31.4 Å². The van der Waals surface area contributed by atoms with Crippen LogP contribution in [-0.2, 0) is 0 Å². The van der Waals surface area contributed by atoms with Gasteiger partial charge in [0, 0.05) is 6.04 Å². The van der Waals surface area contributed by atoms with Gasteiger partial charge in [0.25, 0.3) is 0 Å². The fraction of sp³-hybridized carbons (Fsp3) is 0.750. The number of halogens is 2. The molecule has 1 aromatic rings. The summed E-state index contributed by atoms with van der Waals surface area (Å²) in [6.07, 6.45) is 7.48. The first kappa shape index (κ1) is 13.8. The van der Waals surface area contributed by atoms with Crippen LogP contribution in [0, 0.1) is 5.92 Å². The van der Waals surface area contributed by atoms with Crippen LogP contribution < -0.4 is 5.32 Å². The Hall–Kier alpha value is -0.610. The highest BCUT2D eigenvalue weighted by atomic mass is 35.5. The van der Waals surface area contributed by atoms with E-state index in [9.17, 15) is 0 Å². The zero-order valence-electron chi connectivity index (χ0n) is 10.5. The lowest BCUT2D eigenvalue weighted by atomic mass is 9.83. The molecule has 0 spiro atoms. The molecule has 0 amide bonds. The largest absolute Gasteiger partial charge is 0.365 e. The maximum Gasteiger partial charge on any atom is 0.245 e. The summed E-state index contributed by atoms with van der Waals surface area (Å²) in [5.74, 6) is 1.44. The summed E-state index contributed by atoms with van der Waals surface area (Å²) in [4.78, 5) is 4.07. The molecule has 0 radical (unpaired) electrons. The van der Waals surface area contributed by atoms with E-state index in [1.165, 1.54) is 25.7 Å². The average molecular weight is 289 g/mol. The van der Waals surface area contributed by atoms with Gasteiger partial charge >= 0.3 is 0 Å². The van der Waals surface area contributed by atoms with E-state index in [1.54, 1.807) is 0 Å². The van der Waals surface area contributed by atoms with Gasteiger partial charge < -0.3 is 5.32 Å². The number of nitrogens with zero attached hydrogens (tertiary/aromatic N) is 3. The van der Waals surface area contributed by atoms with Crippen molar-refractivity contribution in [2.24, 2.45) is 5.92 Å². The second-order valence-electron chi connectivity index (χ2n) is 4.87. The zero-order chi connectivity index (χ0) is 13.0. The van der Waals surface area contributed by atoms with Crippen molar-refractivity contribution in [2.45, 2.75) is 51.5 Å². The monoisotopic (exact) mass is 288 g/mol. The number of aromatic nitrogens is 3. The van der Waals surface area contributed by atoms with Gasteiger partial charge in [0.05, 0.1) is 0 Å². The summed E-state index contributed by atoms with van der Waals surface area (Å²) in [5, 5.41) is 11.1. The number of anilines is 1. The Morgan fingerprint density at radius 2 is 1.89 bits per heavy atom. The van der Waals surface area contributed by atoms with Gasteiger partial charge in [-0.2, -0.15) is 4.98 Å². The van der Waals surface area contributed by atoms with E-state index >= 15 is 0 Å². The van der Waals surface area contributed by atoms with Crippen molar-refractivity contribution in [3.8, 4) is 0 Å². The van der Waals surface area contributed by atoms with Crippen molar-refractivity contribution in [3.05, 3.63) is 10.4 Å². The lowest BCUT2D eigenvalue weighted by molar-refractivity contribution is 0.318. The minimum Gasteiger partial charge on any atom is -0.365 e. The van der Waals surface area contributed by atoms with Crippen LogP contribution in [0.4, 0.5) is 5.82 Å². The van der Waals surface area contributed by atoms with Crippen molar-refractivity contribution in [1.29, 1.82) is 0 Å². The van der Waals surface area contributed by atoms with Crippen molar-refractivity contribution in [2.75, 3.05) is 5.32 Å². The first-order chi connectivity index (χ1) is 8.69. The molecule has 6 heteroatoms. The van der Waals surface area contributed by atoms with Crippen LogP contribution >= 0.6 is 23.2 Å². The van der Waals surface area contributed by atoms with Crippen LogP contribution in [0.3, 0.4) is 0 Å². The quantitative estimate of drug-likeness (QED) is 0.911. The van der Waals surface area contributed by atoms with Crippen LogP contribution in [0.1, 0.15) is 45.4 Å². The highest BCUT2D eigenvalue weighted by Crippen LogP contribution is 2.30. The van der Waals surface area contributed by atoms with Gasteiger partial charge in [-0.25, -0.2) is 0 Å². The molecular weight excluding hydrogens is 271 g/mol. The molecule has 4 nitrogen and oxygen atoms in total. The lowest BCUT2D eigenvalue weighted by Crippen LogP contribution is -2.26. The van der Waals surface area contributed by atoms with Crippen LogP contribution in [0.2, 0.25) is 10.4 Å². The van der Waals surface area contributed by atoms with Gasteiger partial charge in [0.2, 0.25) is 5.28 Å². The molecule has 1 aliphatic carbocycles. The Labute approximate surface area is 117 Å². The van der Waals surface area contributed by atoms with E-state index in [4.69, 9.17) is 23.2 Å². The van der Waals surface area contributed by atoms with Crippen LogP contribution in [-0.4, -0.2) is 21.2 Å². The maximum atomic E-state index is 5.94. The van der Waals surface area contributed by atoms with Crippen molar-refractivity contribution >= 4 is 29.0 Å². The highest BCUT2D eigenvalue weighted by Gasteiger charge is 2.21. The molecule has 1 aliphatic rings. The molecule has 100 valence electrons. The summed E-state index contributed by atoms with van der Waals surface area (Å²) in [7, 11) is 0. The zero-order valence-corrected chi connectivity index (χ0v) is 12.0. The molecule has 1 saturated carbocycles. The smallest absolute Gasteiger partial charge is 0.245 e. The second kappa shape index (κ2) is 6.53. The minimum absolute atomic E-state index is 0.126. The van der Waals surface area contributed by atoms with Crippen molar-refractivity contribution in [1.82, 2.24) is 15.2 Å². The molecule has 1 fully saturated rings. The number of hydrogen-bond donors (Lipinski definition) is 1. The number of rotatable bonds is 4. The van der Waals surface area contributed by atoms with Crippen LogP contribution in [0.5, 0.6) is 0 Å². The summed E-state index contributed by atoms with van der Waals surface area (Å²) in [5.41, 5.74) is 0. The highest BCUT2D eigenvalue weighted by molar-refractivity contribution is 6.32. The van der Waals surface area contributed by atoms with Crippen molar-refractivity contribution in [3.63, 3.8) is 0 Å². The van der Waals surface area contributed by atoms with Gasteiger partial charge in [0.15, 0.2) is 11.0 Å². The molecule has 2 rings (SSSR count). The standard InChI is InChI=1S/C12H18Cl2N4/c1-2-3-8-4-6-9(7-5-8)15-11-10(13)17-18-12(14)16-11/h8-9H,2-7H2,1H3,(H,15,16,18). The molecule has 1 aromatic heterocycles. The lowest BCUT2D eigenvalue weighted by Gasteiger charge is -2.29. The first-order valence-corrected chi connectivity index (χ1v) is 7.27. The molecule has 0 atom stereocenters. The average Bonchev–Trinajstić information content (AvgIpc) is 2.37. The van der Waals surface area contributed by atoms with E-state index < -0.39 is 0 Å². The summed E-state index contributed by atoms with van der Waals surface area (Å²) in [6, 6.07) is 0.420. The topological polar surface area (TPSA) is 50.7 Å². The first-order valence-electron chi connectivity index (χ1n) is 6.51. The Morgan fingerprint density at radius 3 is 2.56 bits per heavy atom. The van der Waals surface area contributed by atoms with Gasteiger partial charge in [-0.05, 0) is 43.2 Å². The van der Waals surface area contributed by atoms with E-state index in [0.29, 0.717) is 11.9 Å². The molecule has 0 aromatic carbocycles. The van der Waals surface area contributed by atoms with E-state index in [2.05, 4.69) is 27.4 Å². The van der Waals surface area contributed by atoms with E-state index in [1.807, 2.05) is 0 Å². The van der Waals surface area contributed by atoms with E-state index in [-0.39, 0.29) is 10.4 Å². The molecular formula is C12H18Cl2N4. The second-order valence-corrected chi connectivity index (χ2v) is 5.57. The third-order valence-corrected chi connectivity index (χ3v) is 3.92. The molecule has 0 saturated heterocycles. The summed E-state index contributed by atoms with van der Waals surface area (Å²) < 4.78 is 0. The SMILES string of the molecule is CCCC1CCC(Nc2nc(Cl)nnc2Cl)CC1. The normalized spacial score (nSPS) is 23.9. The molecule has 0 aliphatic heterocycles. The summed E-state index contributed by atoms with van der Waals surface area (Å²) in [6.45, 7) is 2.25. The Balaban J connectivity index is 1.89. The predicted molar refractivity (Wildman–Crippen MR) is 74.1 cm³/mol.